The van der Waals surface area contributed by atoms with Crippen molar-refractivity contribution in [3.05, 3.63) is 75.9 Å². The van der Waals surface area contributed by atoms with Gasteiger partial charge in [0.05, 0.1) is 23.8 Å². The molecule has 6 nitrogen and oxygen atoms in total. The zero-order valence-corrected chi connectivity index (χ0v) is 22.0. The van der Waals surface area contributed by atoms with Gasteiger partial charge in [0.2, 0.25) is 5.88 Å². The van der Waals surface area contributed by atoms with Crippen LogP contribution in [0.15, 0.2) is 42.6 Å². The number of aliphatic hydroxyl groups is 2. The van der Waals surface area contributed by atoms with Crippen molar-refractivity contribution in [3.8, 4) is 22.8 Å². The standard InChI is InChI=1S/C30H28ClF2NO5/c1-15(36)28-22-4-17-6-27(34-11-23(17)29(22)28)39-13-18-5-21(26(33)8-25(18)32)20-3-2-19(7-24(20)31)38-12-16-9-30(37,10-16)14-35/h2-3,5-8,11,16,22,28-29,35,37H,4,9-10,12-14H2,1H3/t16?,22-,28-,29+,30?/m0/s1. The van der Waals surface area contributed by atoms with E-state index in [9.17, 15) is 18.7 Å². The van der Waals surface area contributed by atoms with E-state index < -0.39 is 17.2 Å². The van der Waals surface area contributed by atoms with Crippen LogP contribution in [-0.4, -0.2) is 39.8 Å². The van der Waals surface area contributed by atoms with E-state index in [-0.39, 0.29) is 52.9 Å². The number of rotatable bonds is 9. The van der Waals surface area contributed by atoms with Crippen molar-refractivity contribution in [3.63, 3.8) is 0 Å². The summed E-state index contributed by atoms with van der Waals surface area (Å²) in [5.74, 6) is 0.392. The fourth-order valence-electron chi connectivity index (χ4n) is 6.24. The predicted molar refractivity (Wildman–Crippen MR) is 140 cm³/mol. The second-order valence-electron chi connectivity index (χ2n) is 11.1. The van der Waals surface area contributed by atoms with Gasteiger partial charge in [0.1, 0.15) is 29.8 Å². The molecule has 3 aliphatic carbocycles. The van der Waals surface area contributed by atoms with Crippen molar-refractivity contribution in [1.29, 1.82) is 0 Å². The van der Waals surface area contributed by atoms with Gasteiger partial charge < -0.3 is 19.7 Å². The highest BCUT2D eigenvalue weighted by Gasteiger charge is 2.58. The molecular formula is C30H28ClF2NO5. The number of halogens is 3. The number of carbonyl (C=O) groups is 1. The molecular weight excluding hydrogens is 528 g/mol. The minimum Gasteiger partial charge on any atom is -0.493 e. The molecule has 0 bridgehead atoms. The molecule has 3 aromatic rings. The van der Waals surface area contributed by atoms with Crippen LogP contribution in [0.2, 0.25) is 5.02 Å². The third-order valence-electron chi connectivity index (χ3n) is 8.31. The first-order valence-electron chi connectivity index (χ1n) is 13.0. The number of Topliss-reactive ketones (excluding diaryl/α,β-unsaturated/α-hetero) is 1. The maximum Gasteiger partial charge on any atom is 0.213 e. The number of hydrogen-bond donors (Lipinski definition) is 2. The maximum absolute atomic E-state index is 14.8. The van der Waals surface area contributed by atoms with Gasteiger partial charge in [-0.15, -0.1) is 0 Å². The van der Waals surface area contributed by atoms with E-state index in [1.165, 1.54) is 6.07 Å². The molecule has 0 aliphatic heterocycles. The van der Waals surface area contributed by atoms with E-state index in [2.05, 4.69) is 4.98 Å². The van der Waals surface area contributed by atoms with Crippen LogP contribution in [0.4, 0.5) is 8.78 Å². The summed E-state index contributed by atoms with van der Waals surface area (Å²) in [6, 6.07) is 8.89. The van der Waals surface area contributed by atoms with Gasteiger partial charge in [-0.05, 0) is 79.3 Å². The zero-order valence-electron chi connectivity index (χ0n) is 21.3. The van der Waals surface area contributed by atoms with Crippen LogP contribution in [0.1, 0.15) is 42.4 Å². The van der Waals surface area contributed by atoms with Crippen molar-refractivity contribution >= 4 is 17.4 Å². The first-order valence-corrected chi connectivity index (χ1v) is 13.4. The smallest absolute Gasteiger partial charge is 0.213 e. The number of ketones is 1. The molecule has 9 heteroatoms. The van der Waals surface area contributed by atoms with Crippen LogP contribution in [-0.2, 0) is 17.8 Å². The summed E-state index contributed by atoms with van der Waals surface area (Å²) in [7, 11) is 0. The topological polar surface area (TPSA) is 88.9 Å². The number of hydrogen-bond acceptors (Lipinski definition) is 6. The lowest BCUT2D eigenvalue weighted by atomic mass is 9.72. The lowest BCUT2D eigenvalue weighted by Crippen LogP contribution is -2.48. The van der Waals surface area contributed by atoms with Gasteiger partial charge in [0, 0.05) is 40.9 Å². The van der Waals surface area contributed by atoms with Crippen LogP contribution >= 0.6 is 11.6 Å². The predicted octanol–water partition coefficient (Wildman–Crippen LogP) is 5.25. The normalized spacial score (nSPS) is 26.4. The molecule has 0 unspecified atom stereocenters. The molecule has 3 atom stereocenters. The number of pyridine rings is 1. The van der Waals surface area contributed by atoms with Gasteiger partial charge in [-0.3, -0.25) is 4.79 Å². The lowest BCUT2D eigenvalue weighted by Gasteiger charge is -2.42. The largest absolute Gasteiger partial charge is 0.493 e. The average molecular weight is 556 g/mol. The summed E-state index contributed by atoms with van der Waals surface area (Å²) in [6.07, 6.45) is 3.47. The molecule has 6 rings (SSSR count). The van der Waals surface area contributed by atoms with E-state index in [0.29, 0.717) is 42.6 Å². The number of aliphatic hydroxyl groups excluding tert-OH is 1. The molecule has 0 radical (unpaired) electrons. The van der Waals surface area contributed by atoms with Crippen LogP contribution < -0.4 is 9.47 Å². The lowest BCUT2D eigenvalue weighted by molar-refractivity contribution is -0.118. The Balaban J connectivity index is 1.13. The molecule has 3 aliphatic rings. The Morgan fingerprint density at radius 2 is 1.92 bits per heavy atom. The minimum atomic E-state index is -1.02. The van der Waals surface area contributed by atoms with E-state index in [1.54, 1.807) is 31.3 Å². The highest BCUT2D eigenvalue weighted by atomic mass is 35.5. The molecule has 1 aromatic heterocycles. The average Bonchev–Trinajstić information content (AvgIpc) is 3.48. The molecule has 1 heterocycles. The summed E-state index contributed by atoms with van der Waals surface area (Å²) < 4.78 is 41.0. The zero-order chi connectivity index (χ0) is 27.5. The van der Waals surface area contributed by atoms with Crippen LogP contribution in [0, 0.1) is 29.4 Å². The van der Waals surface area contributed by atoms with Crippen LogP contribution in [0.25, 0.3) is 11.1 Å². The maximum atomic E-state index is 14.8. The Morgan fingerprint density at radius 1 is 1.13 bits per heavy atom. The van der Waals surface area contributed by atoms with Gasteiger partial charge in [-0.25, -0.2) is 13.8 Å². The Hall–Kier alpha value is -3.07. The fraction of sp³-hybridized carbons (Fsp3) is 0.400. The Morgan fingerprint density at radius 3 is 2.64 bits per heavy atom. The third-order valence-corrected chi connectivity index (χ3v) is 8.62. The van der Waals surface area contributed by atoms with E-state index in [1.807, 2.05) is 6.07 Å². The van der Waals surface area contributed by atoms with Gasteiger partial charge in [0.25, 0.3) is 0 Å². The van der Waals surface area contributed by atoms with E-state index in [4.69, 9.17) is 26.2 Å². The molecule has 204 valence electrons. The van der Waals surface area contributed by atoms with Crippen molar-refractivity contribution in [2.45, 2.75) is 44.3 Å². The van der Waals surface area contributed by atoms with Crippen molar-refractivity contribution in [2.75, 3.05) is 13.2 Å². The highest BCUT2D eigenvalue weighted by molar-refractivity contribution is 6.33. The summed E-state index contributed by atoms with van der Waals surface area (Å²) >= 11 is 6.46. The van der Waals surface area contributed by atoms with E-state index in [0.717, 1.165) is 23.6 Å². The first kappa shape index (κ1) is 26.2. The monoisotopic (exact) mass is 555 g/mol. The van der Waals surface area contributed by atoms with Crippen molar-refractivity contribution in [2.24, 2.45) is 17.8 Å². The number of fused-ring (bicyclic) bond motifs is 3. The number of nitrogens with zero attached hydrogens (tertiary/aromatic N) is 1. The summed E-state index contributed by atoms with van der Waals surface area (Å²) in [5.41, 5.74) is 1.85. The third kappa shape index (κ3) is 4.90. The molecule has 2 saturated carbocycles. The number of aromatic nitrogens is 1. The van der Waals surface area contributed by atoms with E-state index >= 15 is 0 Å². The Kier molecular flexibility index (Phi) is 6.60. The van der Waals surface area contributed by atoms with Gasteiger partial charge >= 0.3 is 0 Å². The van der Waals surface area contributed by atoms with Gasteiger partial charge in [-0.1, -0.05) is 11.6 Å². The van der Waals surface area contributed by atoms with Crippen molar-refractivity contribution in [1.82, 2.24) is 4.98 Å². The minimum absolute atomic E-state index is 0.0985. The molecule has 0 amide bonds. The van der Waals surface area contributed by atoms with Gasteiger partial charge in [-0.2, -0.15) is 0 Å². The SMILES string of the molecule is CC(=O)[C@H]1[C@@H]2Cc3cc(OCc4cc(-c5ccc(OCC6CC(O)(CO)C6)cc5Cl)c(F)cc4F)ncc3[C@@H]21. The number of carbonyl (C=O) groups excluding carboxylic acids is 1. The van der Waals surface area contributed by atoms with Gasteiger partial charge in [0.15, 0.2) is 0 Å². The molecule has 2 aromatic carbocycles. The quantitative estimate of drug-likeness (QED) is 0.375. The molecule has 39 heavy (non-hydrogen) atoms. The fourth-order valence-corrected chi connectivity index (χ4v) is 6.52. The van der Waals surface area contributed by atoms with Crippen LogP contribution in [0.5, 0.6) is 11.6 Å². The summed E-state index contributed by atoms with van der Waals surface area (Å²) in [6.45, 7) is 1.58. The molecule has 2 N–H and O–H groups in total. The van der Waals surface area contributed by atoms with Crippen molar-refractivity contribution < 1.29 is 33.3 Å². The molecule has 2 fully saturated rings. The second kappa shape index (κ2) is 9.84. The Bertz CT molecular complexity index is 1460. The molecule has 0 saturated heterocycles. The Labute approximate surface area is 229 Å². The van der Waals surface area contributed by atoms with Crippen LogP contribution in [0.3, 0.4) is 0 Å². The highest BCUT2D eigenvalue weighted by Crippen LogP contribution is 2.61. The first-order chi connectivity index (χ1) is 18.7. The summed E-state index contributed by atoms with van der Waals surface area (Å²) in [5, 5.41) is 19.3. The second-order valence-corrected chi connectivity index (χ2v) is 11.5. The summed E-state index contributed by atoms with van der Waals surface area (Å²) in [4.78, 5) is 16.1. The number of ether oxygens (including phenoxy) is 2. The number of benzene rings is 2. The molecule has 0 spiro atoms.